The molecule has 1 aromatic carbocycles. The fourth-order valence-electron chi connectivity index (χ4n) is 1.58. The molecule has 0 fully saturated rings. The van der Waals surface area contributed by atoms with Crippen LogP contribution in [0.25, 0.3) is 0 Å². The number of hydrogen-bond donors (Lipinski definition) is 3. The molecule has 114 valence electrons. The molecule has 0 aromatic heterocycles. The van der Waals surface area contributed by atoms with Gasteiger partial charge in [-0.3, -0.25) is 0 Å². The second-order valence-electron chi connectivity index (χ2n) is 4.21. The maximum absolute atomic E-state index is 13.5. The molecule has 0 spiro atoms. The van der Waals surface area contributed by atoms with E-state index in [4.69, 9.17) is 15.6 Å². The third kappa shape index (κ3) is 4.71. The van der Waals surface area contributed by atoms with Gasteiger partial charge in [0.05, 0.1) is 18.1 Å². The quantitative estimate of drug-likeness (QED) is 0.476. The molecule has 0 aliphatic heterocycles. The molecule has 0 aliphatic carbocycles. The number of rotatable bonds is 8. The Labute approximate surface area is 117 Å². The van der Waals surface area contributed by atoms with Crippen LogP contribution in [0.1, 0.15) is 12.0 Å². The van der Waals surface area contributed by atoms with Crippen LogP contribution in [-0.2, 0) is 14.8 Å². The minimum Gasteiger partial charge on any atom is -0.399 e. The zero-order chi connectivity index (χ0) is 15.2. The number of anilines is 1. The Balaban J connectivity index is 2.65. The van der Waals surface area contributed by atoms with Gasteiger partial charge in [0.2, 0.25) is 10.0 Å². The molecule has 6 nitrogen and oxygen atoms in total. The monoisotopic (exact) mass is 306 g/mol. The van der Waals surface area contributed by atoms with Gasteiger partial charge in [0.15, 0.2) is 0 Å². The van der Waals surface area contributed by atoms with Crippen LogP contribution >= 0.6 is 0 Å². The van der Waals surface area contributed by atoms with Crippen molar-refractivity contribution in [1.82, 2.24) is 4.72 Å². The maximum Gasteiger partial charge on any atom is 0.241 e. The van der Waals surface area contributed by atoms with Crippen LogP contribution in [0.4, 0.5) is 10.1 Å². The maximum atomic E-state index is 13.5. The Bertz CT molecular complexity index is 549. The SMILES string of the molecule is Cc1c(F)cc(N)cc1S(=O)(=O)NCCCOCCO. The van der Waals surface area contributed by atoms with Gasteiger partial charge in [-0.1, -0.05) is 0 Å². The number of hydrogen-bond acceptors (Lipinski definition) is 5. The Morgan fingerprint density at radius 2 is 2.10 bits per heavy atom. The highest BCUT2D eigenvalue weighted by Crippen LogP contribution is 2.21. The van der Waals surface area contributed by atoms with Crippen molar-refractivity contribution in [2.24, 2.45) is 0 Å². The van der Waals surface area contributed by atoms with Gasteiger partial charge in [-0.2, -0.15) is 0 Å². The van der Waals surface area contributed by atoms with E-state index < -0.39 is 15.8 Å². The standard InChI is InChI=1S/C12H19FN2O4S/c1-9-11(13)7-10(14)8-12(9)20(17,18)15-3-2-5-19-6-4-16/h7-8,15-16H,2-6,14H2,1H3. The minimum atomic E-state index is -3.80. The fourth-order valence-corrected chi connectivity index (χ4v) is 2.94. The summed E-state index contributed by atoms with van der Waals surface area (Å²) in [5, 5.41) is 8.50. The van der Waals surface area contributed by atoms with E-state index >= 15 is 0 Å². The highest BCUT2D eigenvalue weighted by Gasteiger charge is 2.19. The molecule has 0 bridgehead atoms. The first-order chi connectivity index (χ1) is 9.38. The van der Waals surface area contributed by atoms with Crippen molar-refractivity contribution < 1.29 is 22.7 Å². The number of nitrogens with one attached hydrogen (secondary N) is 1. The van der Waals surface area contributed by atoms with E-state index in [1.54, 1.807) is 0 Å². The predicted octanol–water partition coefficient (Wildman–Crippen LogP) is 0.394. The van der Waals surface area contributed by atoms with Crippen molar-refractivity contribution in [3.8, 4) is 0 Å². The highest BCUT2D eigenvalue weighted by molar-refractivity contribution is 7.89. The number of benzene rings is 1. The zero-order valence-electron chi connectivity index (χ0n) is 11.2. The number of ether oxygens (including phenoxy) is 1. The lowest BCUT2D eigenvalue weighted by Gasteiger charge is -2.11. The number of sulfonamides is 1. The smallest absolute Gasteiger partial charge is 0.241 e. The molecular weight excluding hydrogens is 287 g/mol. The van der Waals surface area contributed by atoms with Crippen molar-refractivity contribution in [2.75, 3.05) is 32.1 Å². The van der Waals surface area contributed by atoms with Crippen molar-refractivity contribution in [2.45, 2.75) is 18.2 Å². The molecule has 0 aliphatic rings. The molecule has 1 rings (SSSR count). The summed E-state index contributed by atoms with van der Waals surface area (Å²) in [6.07, 6.45) is 0.447. The van der Waals surface area contributed by atoms with E-state index in [0.29, 0.717) is 13.0 Å². The second kappa shape index (κ2) is 7.53. The third-order valence-electron chi connectivity index (χ3n) is 2.60. The summed E-state index contributed by atoms with van der Waals surface area (Å²) < 4.78 is 44.9. The van der Waals surface area contributed by atoms with Crippen LogP contribution in [-0.4, -0.2) is 39.9 Å². The van der Waals surface area contributed by atoms with Gasteiger partial charge < -0.3 is 15.6 Å². The van der Waals surface area contributed by atoms with Crippen LogP contribution in [0.15, 0.2) is 17.0 Å². The van der Waals surface area contributed by atoms with Gasteiger partial charge in [-0.25, -0.2) is 17.5 Å². The van der Waals surface area contributed by atoms with Crippen molar-refractivity contribution in [3.05, 3.63) is 23.5 Å². The van der Waals surface area contributed by atoms with Crippen molar-refractivity contribution >= 4 is 15.7 Å². The molecular formula is C12H19FN2O4S. The summed E-state index contributed by atoms with van der Waals surface area (Å²) >= 11 is 0. The van der Waals surface area contributed by atoms with Crippen LogP contribution in [0.5, 0.6) is 0 Å². The van der Waals surface area contributed by atoms with Gasteiger partial charge in [0.1, 0.15) is 5.82 Å². The van der Waals surface area contributed by atoms with Gasteiger partial charge >= 0.3 is 0 Å². The van der Waals surface area contributed by atoms with E-state index in [0.717, 1.165) is 6.07 Å². The van der Waals surface area contributed by atoms with E-state index in [-0.39, 0.29) is 35.9 Å². The lowest BCUT2D eigenvalue weighted by atomic mass is 10.2. The largest absolute Gasteiger partial charge is 0.399 e. The lowest BCUT2D eigenvalue weighted by molar-refractivity contribution is 0.0913. The van der Waals surface area contributed by atoms with E-state index in [9.17, 15) is 12.8 Å². The second-order valence-corrected chi connectivity index (χ2v) is 5.95. The number of nitrogen functional groups attached to an aromatic ring is 1. The van der Waals surface area contributed by atoms with Crippen molar-refractivity contribution in [1.29, 1.82) is 0 Å². The van der Waals surface area contributed by atoms with Gasteiger partial charge in [0, 0.05) is 24.4 Å². The molecule has 1 aromatic rings. The molecule has 4 N–H and O–H groups in total. The zero-order valence-corrected chi connectivity index (χ0v) is 12.0. The first-order valence-electron chi connectivity index (χ1n) is 6.12. The summed E-state index contributed by atoms with van der Waals surface area (Å²) in [7, 11) is -3.80. The molecule has 0 saturated carbocycles. The molecule has 0 amide bonds. The van der Waals surface area contributed by atoms with Gasteiger partial charge in [-0.05, 0) is 25.5 Å². The Morgan fingerprint density at radius 1 is 1.40 bits per heavy atom. The Hall–Kier alpha value is -1.22. The lowest BCUT2D eigenvalue weighted by Crippen LogP contribution is -2.26. The minimum absolute atomic E-state index is 0.0308. The number of aliphatic hydroxyl groups is 1. The van der Waals surface area contributed by atoms with E-state index in [1.807, 2.05) is 0 Å². The molecule has 20 heavy (non-hydrogen) atoms. The number of aliphatic hydroxyl groups excluding tert-OH is 1. The Kier molecular flexibility index (Phi) is 6.34. The number of halogens is 1. The van der Waals surface area contributed by atoms with Crippen LogP contribution in [0, 0.1) is 12.7 Å². The predicted molar refractivity (Wildman–Crippen MR) is 73.3 cm³/mol. The summed E-state index contributed by atoms with van der Waals surface area (Å²) in [6.45, 7) is 2.00. The topological polar surface area (TPSA) is 102 Å². The van der Waals surface area contributed by atoms with Crippen LogP contribution < -0.4 is 10.5 Å². The average Bonchev–Trinajstić information content (AvgIpc) is 2.37. The molecule has 0 radical (unpaired) electrons. The molecule has 0 saturated heterocycles. The number of nitrogens with two attached hydrogens (primary N) is 1. The molecule has 0 heterocycles. The first-order valence-corrected chi connectivity index (χ1v) is 7.60. The molecule has 8 heteroatoms. The van der Waals surface area contributed by atoms with E-state index in [1.165, 1.54) is 13.0 Å². The highest BCUT2D eigenvalue weighted by atomic mass is 32.2. The summed E-state index contributed by atoms with van der Waals surface area (Å²) in [5.74, 6) is -0.656. The fraction of sp³-hybridized carbons (Fsp3) is 0.500. The van der Waals surface area contributed by atoms with E-state index in [2.05, 4.69) is 4.72 Å². The van der Waals surface area contributed by atoms with Gasteiger partial charge in [-0.15, -0.1) is 0 Å². The van der Waals surface area contributed by atoms with Crippen LogP contribution in [0.3, 0.4) is 0 Å². The van der Waals surface area contributed by atoms with Gasteiger partial charge in [0.25, 0.3) is 0 Å². The first kappa shape index (κ1) is 16.8. The summed E-state index contributed by atoms with van der Waals surface area (Å²) in [4.78, 5) is -0.161. The van der Waals surface area contributed by atoms with Crippen molar-refractivity contribution in [3.63, 3.8) is 0 Å². The Morgan fingerprint density at radius 3 is 2.75 bits per heavy atom. The third-order valence-corrected chi connectivity index (χ3v) is 4.19. The summed E-state index contributed by atoms with van der Waals surface area (Å²) in [6, 6.07) is 2.31. The normalized spacial score (nSPS) is 11.8. The summed E-state index contributed by atoms with van der Waals surface area (Å²) in [5.41, 5.74) is 5.54. The van der Waals surface area contributed by atoms with Crippen LogP contribution in [0.2, 0.25) is 0 Å². The molecule has 0 unspecified atom stereocenters. The molecule has 0 atom stereocenters. The average molecular weight is 306 g/mol.